The average Bonchev–Trinajstić information content (AvgIpc) is 3.44. The molecule has 1 atom stereocenters. The van der Waals surface area contributed by atoms with Crippen molar-refractivity contribution in [3.63, 3.8) is 0 Å². The molecule has 0 aliphatic heterocycles. The fraction of sp³-hybridized carbons (Fsp3) is 0.736. The molecule has 0 fully saturated rings. The van der Waals surface area contributed by atoms with Crippen LogP contribution in [0.15, 0.2) is 97.2 Å². The van der Waals surface area contributed by atoms with Crippen molar-refractivity contribution >= 4 is 17.9 Å². The van der Waals surface area contributed by atoms with E-state index in [4.69, 9.17) is 14.2 Å². The van der Waals surface area contributed by atoms with Crippen molar-refractivity contribution in [2.75, 3.05) is 13.2 Å². The smallest absolute Gasteiger partial charge is 0.306 e. The molecule has 448 valence electrons. The summed E-state index contributed by atoms with van der Waals surface area (Å²) >= 11 is 0. The van der Waals surface area contributed by atoms with Crippen LogP contribution < -0.4 is 0 Å². The van der Waals surface area contributed by atoms with Gasteiger partial charge in [-0.2, -0.15) is 0 Å². The van der Waals surface area contributed by atoms with Gasteiger partial charge in [-0.15, -0.1) is 0 Å². The lowest BCUT2D eigenvalue weighted by atomic mass is 10.0. The van der Waals surface area contributed by atoms with Crippen molar-refractivity contribution in [2.24, 2.45) is 0 Å². The fourth-order valence-electron chi connectivity index (χ4n) is 9.45. The Bertz CT molecular complexity index is 1530. The van der Waals surface area contributed by atoms with Crippen LogP contribution in [0.1, 0.15) is 323 Å². The van der Waals surface area contributed by atoms with Crippen LogP contribution in [0.25, 0.3) is 0 Å². The van der Waals surface area contributed by atoms with Crippen LogP contribution in [-0.2, 0) is 28.6 Å². The van der Waals surface area contributed by atoms with Crippen LogP contribution >= 0.6 is 0 Å². The summed E-state index contributed by atoms with van der Waals surface area (Å²) in [5.74, 6) is -1.03. The minimum atomic E-state index is -0.828. The Kier molecular flexibility index (Phi) is 62.7. The SMILES string of the molecule is CC/C=C\C/C=C\C/C=C\C/C=C\CCCCC(=O)OC(COC(=O)CC/C=C\C/C=C\C/C=C\C/C=C\CC)COC(=O)CCCCCCCCCCCCCCCCCCCCCCCCCCCCCCCCCC. The first-order chi connectivity index (χ1) is 38.5. The van der Waals surface area contributed by atoms with Gasteiger partial charge in [0.15, 0.2) is 6.10 Å². The highest BCUT2D eigenvalue weighted by Gasteiger charge is 2.19. The number of ether oxygens (including phenoxy) is 3. The molecule has 0 aromatic carbocycles. The summed E-state index contributed by atoms with van der Waals surface area (Å²) in [6.07, 6.45) is 89.1. The molecule has 0 saturated carbocycles. The first-order valence-electron chi connectivity index (χ1n) is 33.2. The van der Waals surface area contributed by atoms with E-state index >= 15 is 0 Å². The summed E-state index contributed by atoms with van der Waals surface area (Å²) in [7, 11) is 0. The van der Waals surface area contributed by atoms with Gasteiger partial charge in [-0.05, 0) is 83.5 Å². The molecule has 0 aromatic heterocycles. The van der Waals surface area contributed by atoms with E-state index in [0.29, 0.717) is 19.3 Å². The van der Waals surface area contributed by atoms with E-state index in [2.05, 4.69) is 106 Å². The maximum Gasteiger partial charge on any atom is 0.306 e. The number of hydrogen-bond donors (Lipinski definition) is 0. The molecule has 78 heavy (non-hydrogen) atoms. The molecule has 0 spiro atoms. The van der Waals surface area contributed by atoms with Crippen molar-refractivity contribution in [1.29, 1.82) is 0 Å². The zero-order valence-corrected chi connectivity index (χ0v) is 51.4. The molecule has 0 aromatic rings. The van der Waals surface area contributed by atoms with Crippen molar-refractivity contribution in [3.05, 3.63) is 97.2 Å². The van der Waals surface area contributed by atoms with Crippen molar-refractivity contribution in [1.82, 2.24) is 0 Å². The lowest BCUT2D eigenvalue weighted by Gasteiger charge is -2.18. The van der Waals surface area contributed by atoms with Gasteiger partial charge in [-0.3, -0.25) is 14.4 Å². The standard InChI is InChI=1S/C72H124O6/c1-4-7-10-13-16-19-22-25-27-28-29-30-31-32-33-34-35-36-37-38-39-40-41-42-43-45-47-50-53-56-59-62-65-71(74)77-68-69(67-76-70(73)64-61-58-55-52-49-46-24-21-18-15-12-9-6-3)78-72(75)66-63-60-57-54-51-48-44-26-23-20-17-14-11-8-5-2/h8-9,11-12,17-18,20-21,26,44,46,49,51,54-55,58,69H,4-7,10,13-16,19,22-25,27-43,45,47-48,50,52-53,56-57,59-68H2,1-3H3/b11-8-,12-9-,20-17-,21-18-,44-26-,49-46-,54-51-,58-55-. The van der Waals surface area contributed by atoms with Crippen molar-refractivity contribution in [3.8, 4) is 0 Å². The molecule has 6 heteroatoms. The molecule has 0 amide bonds. The molecule has 0 aliphatic rings. The highest BCUT2D eigenvalue weighted by molar-refractivity contribution is 5.71. The maximum absolute atomic E-state index is 12.8. The van der Waals surface area contributed by atoms with Crippen LogP contribution in [-0.4, -0.2) is 37.2 Å². The third-order valence-electron chi connectivity index (χ3n) is 14.3. The van der Waals surface area contributed by atoms with Gasteiger partial charge in [0.25, 0.3) is 0 Å². The van der Waals surface area contributed by atoms with E-state index in [-0.39, 0.29) is 44.0 Å². The summed E-state index contributed by atoms with van der Waals surface area (Å²) in [4.78, 5) is 38.2. The number of hydrogen-bond acceptors (Lipinski definition) is 6. The monoisotopic (exact) mass is 1080 g/mol. The second-order valence-corrected chi connectivity index (χ2v) is 22.0. The maximum atomic E-state index is 12.8. The molecule has 0 saturated heterocycles. The number of carbonyl (C=O) groups is 3. The van der Waals surface area contributed by atoms with E-state index in [1.807, 2.05) is 12.2 Å². The average molecular weight is 1090 g/mol. The van der Waals surface area contributed by atoms with Gasteiger partial charge in [0.1, 0.15) is 13.2 Å². The highest BCUT2D eigenvalue weighted by Crippen LogP contribution is 2.18. The van der Waals surface area contributed by atoms with Gasteiger partial charge in [-0.1, -0.05) is 317 Å². The Hall–Kier alpha value is -3.67. The topological polar surface area (TPSA) is 78.9 Å². The van der Waals surface area contributed by atoms with Gasteiger partial charge in [0.2, 0.25) is 0 Å². The predicted octanol–water partition coefficient (Wildman–Crippen LogP) is 22.8. The number of rotatable bonds is 60. The van der Waals surface area contributed by atoms with E-state index in [1.54, 1.807) is 0 Å². The van der Waals surface area contributed by atoms with Gasteiger partial charge in [0.05, 0.1) is 0 Å². The quantitative estimate of drug-likeness (QED) is 0.0261. The highest BCUT2D eigenvalue weighted by atomic mass is 16.6. The Balaban J connectivity index is 4.18. The molecule has 6 nitrogen and oxygen atoms in total. The molecule has 0 aliphatic carbocycles. The van der Waals surface area contributed by atoms with Gasteiger partial charge >= 0.3 is 17.9 Å². The number of unbranched alkanes of at least 4 members (excludes halogenated alkanes) is 33. The summed E-state index contributed by atoms with van der Waals surface area (Å²) in [5, 5.41) is 0. The van der Waals surface area contributed by atoms with Crippen LogP contribution in [0.4, 0.5) is 0 Å². The first-order valence-corrected chi connectivity index (χ1v) is 33.2. The molecule has 0 radical (unpaired) electrons. The Morgan fingerprint density at radius 1 is 0.269 bits per heavy atom. The second-order valence-electron chi connectivity index (χ2n) is 22.0. The third kappa shape index (κ3) is 63.2. The molecule has 0 heterocycles. The molecular formula is C72H124O6. The second kappa shape index (κ2) is 65.8. The minimum Gasteiger partial charge on any atom is -0.462 e. The summed E-state index contributed by atoms with van der Waals surface area (Å²) in [6.45, 7) is 6.34. The number of carbonyl (C=O) groups excluding carboxylic acids is 3. The minimum absolute atomic E-state index is 0.115. The van der Waals surface area contributed by atoms with Crippen molar-refractivity contribution in [2.45, 2.75) is 329 Å². The first kappa shape index (κ1) is 74.3. The van der Waals surface area contributed by atoms with E-state index in [1.165, 1.54) is 186 Å². The lowest BCUT2D eigenvalue weighted by molar-refractivity contribution is -0.166. The third-order valence-corrected chi connectivity index (χ3v) is 14.3. The van der Waals surface area contributed by atoms with Crippen LogP contribution in [0.5, 0.6) is 0 Å². The molecular weight excluding hydrogens is 961 g/mol. The summed E-state index contributed by atoms with van der Waals surface area (Å²) < 4.78 is 16.8. The van der Waals surface area contributed by atoms with Gasteiger partial charge in [0, 0.05) is 19.3 Å². The largest absolute Gasteiger partial charge is 0.462 e. The molecule has 0 rings (SSSR count). The summed E-state index contributed by atoms with van der Waals surface area (Å²) in [5.41, 5.74) is 0. The zero-order valence-electron chi connectivity index (χ0n) is 51.4. The fourth-order valence-corrected chi connectivity index (χ4v) is 9.45. The van der Waals surface area contributed by atoms with Crippen LogP contribution in [0.3, 0.4) is 0 Å². The lowest BCUT2D eigenvalue weighted by Crippen LogP contribution is -2.30. The Labute approximate surface area is 483 Å². The van der Waals surface area contributed by atoms with E-state index in [0.717, 1.165) is 83.5 Å². The van der Waals surface area contributed by atoms with Gasteiger partial charge in [-0.25, -0.2) is 0 Å². The van der Waals surface area contributed by atoms with E-state index < -0.39 is 6.10 Å². The molecule has 1 unspecified atom stereocenters. The van der Waals surface area contributed by atoms with Gasteiger partial charge < -0.3 is 14.2 Å². The van der Waals surface area contributed by atoms with E-state index in [9.17, 15) is 14.4 Å². The molecule has 0 bridgehead atoms. The van der Waals surface area contributed by atoms with Crippen LogP contribution in [0.2, 0.25) is 0 Å². The van der Waals surface area contributed by atoms with Crippen molar-refractivity contribution < 1.29 is 28.6 Å². The van der Waals surface area contributed by atoms with Crippen LogP contribution in [0, 0.1) is 0 Å². The Morgan fingerprint density at radius 3 is 0.859 bits per heavy atom. The zero-order chi connectivity index (χ0) is 56.4. The normalized spacial score (nSPS) is 12.7. The summed E-state index contributed by atoms with van der Waals surface area (Å²) in [6, 6.07) is 0. The predicted molar refractivity (Wildman–Crippen MR) is 339 cm³/mol. The number of allylic oxidation sites excluding steroid dienone is 16. The molecule has 0 N–H and O–H groups in total. The Morgan fingerprint density at radius 2 is 0.526 bits per heavy atom. The number of esters is 3.